The molecule has 5 unspecified atom stereocenters. The summed E-state index contributed by atoms with van der Waals surface area (Å²) in [5.41, 5.74) is 23.9. The van der Waals surface area contributed by atoms with Gasteiger partial charge in [-0.1, -0.05) is 20.8 Å². The fourth-order valence-electron chi connectivity index (χ4n) is 11.1. The van der Waals surface area contributed by atoms with Gasteiger partial charge in [-0.25, -0.2) is 0 Å². The van der Waals surface area contributed by atoms with Crippen molar-refractivity contribution in [1.29, 1.82) is 0 Å². The molecule has 46 heavy (non-hydrogen) atoms. The lowest BCUT2D eigenvalue weighted by atomic mass is 9.43. The molecule has 4 fully saturated rings. The van der Waals surface area contributed by atoms with Gasteiger partial charge in [0, 0.05) is 31.9 Å². The van der Waals surface area contributed by atoms with Crippen molar-refractivity contribution in [2.45, 2.75) is 135 Å². The van der Waals surface area contributed by atoms with Crippen molar-refractivity contribution in [3.05, 3.63) is 0 Å². The third-order valence-electron chi connectivity index (χ3n) is 13.8. The summed E-state index contributed by atoms with van der Waals surface area (Å²) < 4.78 is 20.6. The van der Waals surface area contributed by atoms with Crippen molar-refractivity contribution in [2.24, 2.45) is 69.3 Å². The molecule has 4 saturated carbocycles. The van der Waals surface area contributed by atoms with Gasteiger partial charge in [-0.2, -0.15) is 0 Å². The first-order valence-corrected chi connectivity index (χ1v) is 19.6. The lowest BCUT2D eigenvalue weighted by Gasteiger charge is -2.65. The molecule has 8 N–H and O–H groups in total. The Kier molecular flexibility index (Phi) is 15.6. The summed E-state index contributed by atoms with van der Waals surface area (Å²) in [5, 5.41) is 0. The van der Waals surface area contributed by atoms with Crippen molar-refractivity contribution >= 4 is 0 Å². The Labute approximate surface area is 283 Å². The van der Waals surface area contributed by atoms with Gasteiger partial charge < -0.3 is 37.1 Å². The molecule has 4 aliphatic carbocycles. The van der Waals surface area contributed by atoms with Gasteiger partial charge in [0.2, 0.25) is 0 Å². The average Bonchev–Trinajstić information content (AvgIpc) is 3.41. The molecule has 4 rings (SSSR count). The number of fused-ring (bicyclic) bond motifs is 5. The van der Waals surface area contributed by atoms with Crippen LogP contribution in [-0.2, 0) is 14.2 Å². The molecule has 0 aliphatic heterocycles. The first-order chi connectivity index (χ1) is 22.2. The molecule has 8 heteroatoms. The largest absolute Gasteiger partial charge is 0.378 e. The van der Waals surface area contributed by atoms with Crippen LogP contribution in [0, 0.1) is 46.3 Å². The summed E-state index contributed by atoms with van der Waals surface area (Å²) in [6.07, 6.45) is 18.4. The second-order valence-electron chi connectivity index (χ2n) is 16.4. The van der Waals surface area contributed by atoms with Crippen LogP contribution in [0.2, 0.25) is 0 Å². The molecular formula is C38H75N5O3. The van der Waals surface area contributed by atoms with Gasteiger partial charge in [-0.15, -0.1) is 0 Å². The van der Waals surface area contributed by atoms with Crippen LogP contribution >= 0.6 is 0 Å². The van der Waals surface area contributed by atoms with E-state index in [1.54, 1.807) is 0 Å². The zero-order chi connectivity index (χ0) is 33.2. The third kappa shape index (κ3) is 8.88. The lowest BCUT2D eigenvalue weighted by Crippen LogP contribution is -2.63. The highest BCUT2D eigenvalue weighted by Crippen LogP contribution is 2.69. The van der Waals surface area contributed by atoms with Crippen LogP contribution in [0.4, 0.5) is 0 Å². The predicted molar refractivity (Wildman–Crippen MR) is 190 cm³/mol. The SMILES string of the molecule is C[C@H](CCCN(C)CN)C1CC[C@H]2C3[C@H](OCCCCN)CC4C[C@H](OCCCCN)CCC4(C)[C@H]3C[C@H](OCCCCN)C12C. The zero-order valence-corrected chi connectivity index (χ0v) is 30.4. The molecule has 0 aromatic carbocycles. The van der Waals surface area contributed by atoms with E-state index in [4.69, 9.17) is 37.1 Å². The maximum absolute atomic E-state index is 7.09. The molecule has 11 atom stereocenters. The van der Waals surface area contributed by atoms with E-state index in [0.29, 0.717) is 65.9 Å². The molecule has 0 amide bonds. The van der Waals surface area contributed by atoms with Crippen molar-refractivity contribution < 1.29 is 14.2 Å². The predicted octanol–water partition coefficient (Wildman–Crippen LogP) is 5.50. The Bertz CT molecular complexity index is 866. The second kappa shape index (κ2) is 18.6. The summed E-state index contributed by atoms with van der Waals surface area (Å²) in [5.74, 6) is 3.88. The van der Waals surface area contributed by atoms with Crippen molar-refractivity contribution in [1.82, 2.24) is 4.90 Å². The molecule has 8 nitrogen and oxygen atoms in total. The zero-order valence-electron chi connectivity index (χ0n) is 30.4. The molecule has 0 radical (unpaired) electrons. The smallest absolute Gasteiger partial charge is 0.0637 e. The maximum atomic E-state index is 7.09. The number of nitrogens with two attached hydrogens (primary N) is 4. The van der Waals surface area contributed by atoms with E-state index in [1.165, 1.54) is 57.8 Å². The number of hydrogen-bond acceptors (Lipinski definition) is 8. The summed E-state index contributed by atoms with van der Waals surface area (Å²) in [6, 6.07) is 0. The second-order valence-corrected chi connectivity index (χ2v) is 16.4. The van der Waals surface area contributed by atoms with E-state index in [0.717, 1.165) is 84.5 Å². The molecule has 4 aliphatic rings. The molecule has 0 heterocycles. The molecule has 0 saturated heterocycles. The van der Waals surface area contributed by atoms with Crippen LogP contribution in [0.25, 0.3) is 0 Å². The minimum atomic E-state index is 0.175. The normalized spacial score (nSPS) is 38.0. The topological polar surface area (TPSA) is 135 Å². The minimum absolute atomic E-state index is 0.175. The summed E-state index contributed by atoms with van der Waals surface area (Å²) in [7, 11) is 2.14. The van der Waals surface area contributed by atoms with E-state index in [1.807, 2.05) is 0 Å². The first-order valence-electron chi connectivity index (χ1n) is 19.6. The van der Waals surface area contributed by atoms with Crippen LogP contribution in [0.1, 0.15) is 117 Å². The van der Waals surface area contributed by atoms with Gasteiger partial charge in [0.1, 0.15) is 0 Å². The summed E-state index contributed by atoms with van der Waals surface area (Å²) in [4.78, 5) is 2.24. The average molecular weight is 650 g/mol. The van der Waals surface area contributed by atoms with Crippen molar-refractivity contribution in [3.8, 4) is 0 Å². The molecule has 270 valence electrons. The fraction of sp³-hybridized carbons (Fsp3) is 1.00. The summed E-state index contributed by atoms with van der Waals surface area (Å²) in [6.45, 7) is 14.3. The first kappa shape index (κ1) is 38.5. The fourth-order valence-corrected chi connectivity index (χ4v) is 11.1. The Morgan fingerprint density at radius 1 is 0.739 bits per heavy atom. The van der Waals surface area contributed by atoms with Crippen LogP contribution < -0.4 is 22.9 Å². The Morgan fingerprint density at radius 2 is 1.39 bits per heavy atom. The Morgan fingerprint density at radius 3 is 2.04 bits per heavy atom. The number of nitrogens with zero attached hydrogens (tertiary/aromatic N) is 1. The van der Waals surface area contributed by atoms with Crippen LogP contribution in [0.5, 0.6) is 0 Å². The van der Waals surface area contributed by atoms with Gasteiger partial charge in [0.25, 0.3) is 0 Å². The van der Waals surface area contributed by atoms with Gasteiger partial charge in [0.05, 0.1) is 18.3 Å². The lowest BCUT2D eigenvalue weighted by molar-refractivity contribution is -0.227. The van der Waals surface area contributed by atoms with Gasteiger partial charge >= 0.3 is 0 Å². The molecule has 0 spiro atoms. The van der Waals surface area contributed by atoms with E-state index < -0.39 is 0 Å². The number of hydrogen-bond donors (Lipinski definition) is 4. The standard InChI is InChI=1S/C38H75N5O3/c1-28(12-11-20-43(4)27-42)31-13-14-32-36-33(26-35(38(31,32)3)46-23-10-7-19-41)37(2)16-15-30(44-21-8-5-17-39)24-29(37)25-34(36)45-22-9-6-18-40/h28-36H,5-27,39-42H2,1-4H3/t28-,29?,30-,31?,32+,33+,34-,35+,36?,37?,38?/m1/s1. The molecular weight excluding hydrogens is 574 g/mol. The monoisotopic (exact) mass is 650 g/mol. The van der Waals surface area contributed by atoms with Crippen molar-refractivity contribution in [2.75, 3.05) is 59.7 Å². The van der Waals surface area contributed by atoms with Crippen LogP contribution in [-0.4, -0.2) is 82.9 Å². The number of ether oxygens (including phenoxy) is 3. The quantitative estimate of drug-likeness (QED) is 0.0946. The van der Waals surface area contributed by atoms with Gasteiger partial charge in [-0.05, 0) is 170 Å². The Hall–Kier alpha value is -0.320. The van der Waals surface area contributed by atoms with Gasteiger partial charge in [-0.3, -0.25) is 4.90 Å². The van der Waals surface area contributed by atoms with Crippen LogP contribution in [0.15, 0.2) is 0 Å². The molecule has 0 bridgehead atoms. The van der Waals surface area contributed by atoms with Crippen LogP contribution in [0.3, 0.4) is 0 Å². The highest BCUT2D eigenvalue weighted by molar-refractivity contribution is 5.15. The molecule has 0 aromatic heterocycles. The highest BCUT2D eigenvalue weighted by Gasteiger charge is 2.66. The maximum Gasteiger partial charge on any atom is 0.0637 e. The molecule has 0 aromatic rings. The minimum Gasteiger partial charge on any atom is -0.378 e. The van der Waals surface area contributed by atoms with E-state index in [2.05, 4.69) is 32.7 Å². The van der Waals surface area contributed by atoms with Crippen molar-refractivity contribution in [3.63, 3.8) is 0 Å². The number of rotatable bonds is 21. The highest BCUT2D eigenvalue weighted by atomic mass is 16.5. The van der Waals surface area contributed by atoms with Gasteiger partial charge in [0.15, 0.2) is 0 Å². The van der Waals surface area contributed by atoms with E-state index >= 15 is 0 Å². The third-order valence-corrected chi connectivity index (χ3v) is 13.8. The Balaban J connectivity index is 1.59. The van der Waals surface area contributed by atoms with E-state index in [9.17, 15) is 0 Å². The van der Waals surface area contributed by atoms with E-state index in [-0.39, 0.29) is 5.41 Å². The summed E-state index contributed by atoms with van der Waals surface area (Å²) >= 11 is 0. The number of unbranched alkanes of at least 4 members (excludes halogenated alkanes) is 3.